The van der Waals surface area contributed by atoms with Crippen LogP contribution in [0.3, 0.4) is 0 Å². The predicted molar refractivity (Wildman–Crippen MR) is 154 cm³/mol. The summed E-state index contributed by atoms with van der Waals surface area (Å²) in [5.74, 6) is -0.162. The van der Waals surface area contributed by atoms with Gasteiger partial charge < -0.3 is 0 Å². The van der Waals surface area contributed by atoms with Crippen molar-refractivity contribution in [1.82, 2.24) is 4.90 Å². The molecule has 3 aromatic rings. The quantitative estimate of drug-likeness (QED) is 0.233. The lowest BCUT2D eigenvalue weighted by Gasteiger charge is -2.31. The predicted octanol–water partition coefficient (Wildman–Crippen LogP) is 7.71. The number of rotatable bonds is 6. The highest BCUT2D eigenvalue weighted by molar-refractivity contribution is 8.26. The van der Waals surface area contributed by atoms with Crippen molar-refractivity contribution in [2.45, 2.75) is 22.6 Å². The Bertz CT molecular complexity index is 1400. The van der Waals surface area contributed by atoms with Gasteiger partial charge in [-0.3, -0.25) is 19.4 Å². The molecule has 1 saturated heterocycles. The molecule has 0 saturated carbocycles. The monoisotopic (exact) mass is 548 g/mol. The van der Waals surface area contributed by atoms with Gasteiger partial charge in [0.1, 0.15) is 4.32 Å². The number of benzene rings is 3. The fourth-order valence-electron chi connectivity index (χ4n) is 4.01. The first kappa shape index (κ1) is 24.8. The Balaban J connectivity index is 1.25. The van der Waals surface area contributed by atoms with Gasteiger partial charge in [-0.15, -0.1) is 0 Å². The highest BCUT2D eigenvalue weighted by Gasteiger charge is 2.32. The Morgan fingerprint density at radius 3 is 2.53 bits per heavy atom. The molecule has 36 heavy (non-hydrogen) atoms. The van der Waals surface area contributed by atoms with E-state index < -0.39 is 0 Å². The third-order valence-corrected chi connectivity index (χ3v) is 8.48. The molecule has 0 N–H and O–H groups in total. The maximum atomic E-state index is 13.4. The number of nitrogens with zero attached hydrogens (tertiary/aromatic N) is 2. The van der Waals surface area contributed by atoms with Crippen molar-refractivity contribution in [3.63, 3.8) is 0 Å². The smallest absolute Gasteiger partial charge is 0.266 e. The van der Waals surface area contributed by atoms with E-state index in [1.54, 1.807) is 27.6 Å². The van der Waals surface area contributed by atoms with E-state index >= 15 is 0 Å². The molecular weight excluding hydrogens is 528 g/mol. The number of halogens is 1. The molecule has 1 fully saturated rings. The number of anilines is 2. The highest BCUT2D eigenvalue weighted by atomic mass is 35.5. The van der Waals surface area contributed by atoms with Crippen LogP contribution in [0.5, 0.6) is 0 Å². The van der Waals surface area contributed by atoms with Crippen LogP contribution >= 0.6 is 47.3 Å². The van der Waals surface area contributed by atoms with Crippen LogP contribution in [0.15, 0.2) is 99.6 Å². The summed E-state index contributed by atoms with van der Waals surface area (Å²) in [6, 6.07) is 23.3. The number of carbonyl (C=O) groups is 2. The van der Waals surface area contributed by atoms with E-state index in [-0.39, 0.29) is 18.2 Å². The fourth-order valence-corrected chi connectivity index (χ4v) is 6.48. The number of hydrogen-bond acceptors (Lipinski definition) is 5. The van der Waals surface area contributed by atoms with Crippen LogP contribution in [-0.2, 0) is 9.59 Å². The summed E-state index contributed by atoms with van der Waals surface area (Å²) in [6.45, 7) is 0.392. The van der Waals surface area contributed by atoms with E-state index in [0.717, 1.165) is 26.7 Å². The summed E-state index contributed by atoms with van der Waals surface area (Å²) >= 11 is 14.6. The number of para-hydroxylation sites is 1. The van der Waals surface area contributed by atoms with Gasteiger partial charge in [-0.05, 0) is 48.4 Å². The van der Waals surface area contributed by atoms with Crippen molar-refractivity contribution in [2.75, 3.05) is 11.4 Å². The van der Waals surface area contributed by atoms with Gasteiger partial charge in [-0.2, -0.15) is 0 Å². The third-order valence-electron chi connectivity index (χ3n) is 5.72. The Labute approximate surface area is 229 Å². The highest BCUT2D eigenvalue weighted by Crippen LogP contribution is 2.49. The first-order chi connectivity index (χ1) is 17.5. The van der Waals surface area contributed by atoms with Gasteiger partial charge in [0.15, 0.2) is 0 Å². The average Bonchev–Trinajstić information content (AvgIpc) is 3.15. The van der Waals surface area contributed by atoms with Crippen LogP contribution in [0.1, 0.15) is 18.4 Å². The van der Waals surface area contributed by atoms with Crippen LogP contribution < -0.4 is 4.90 Å². The van der Waals surface area contributed by atoms with Gasteiger partial charge in [0.25, 0.3) is 5.91 Å². The molecule has 0 aliphatic carbocycles. The number of amides is 2. The topological polar surface area (TPSA) is 40.6 Å². The Morgan fingerprint density at radius 1 is 0.944 bits per heavy atom. The minimum Gasteiger partial charge on any atom is -0.293 e. The van der Waals surface area contributed by atoms with Crippen molar-refractivity contribution >= 4 is 80.9 Å². The molecule has 5 rings (SSSR count). The summed E-state index contributed by atoms with van der Waals surface area (Å²) in [4.78, 5) is 32.2. The Hall–Kier alpha value is -2.84. The van der Waals surface area contributed by atoms with E-state index in [9.17, 15) is 9.59 Å². The first-order valence-corrected chi connectivity index (χ1v) is 13.8. The Morgan fingerprint density at radius 2 is 1.69 bits per heavy atom. The van der Waals surface area contributed by atoms with Crippen molar-refractivity contribution in [3.8, 4) is 0 Å². The second-order valence-corrected chi connectivity index (χ2v) is 11.3. The van der Waals surface area contributed by atoms with Gasteiger partial charge in [-0.25, -0.2) is 0 Å². The molecule has 4 nitrogen and oxygen atoms in total. The summed E-state index contributed by atoms with van der Waals surface area (Å²) in [5, 5.41) is 0.581. The minimum absolute atomic E-state index is 0.0435. The number of fused-ring (bicyclic) bond motifs is 2. The molecule has 0 bridgehead atoms. The molecule has 0 unspecified atom stereocenters. The zero-order valence-corrected chi connectivity index (χ0v) is 22.3. The van der Waals surface area contributed by atoms with Crippen molar-refractivity contribution in [3.05, 3.63) is 100 Å². The maximum Gasteiger partial charge on any atom is 0.266 e. The largest absolute Gasteiger partial charge is 0.293 e. The van der Waals surface area contributed by atoms with Crippen LogP contribution in [0.25, 0.3) is 6.08 Å². The fraction of sp³-hybridized carbons (Fsp3) is 0.107. The molecule has 2 heterocycles. The number of thiocarbonyl (C=S) groups is 1. The normalized spacial score (nSPS) is 16.1. The summed E-state index contributed by atoms with van der Waals surface area (Å²) in [5.41, 5.74) is 2.69. The molecule has 8 heteroatoms. The lowest BCUT2D eigenvalue weighted by molar-refractivity contribution is -0.123. The molecule has 2 aliphatic rings. The zero-order chi connectivity index (χ0) is 25.1. The first-order valence-electron chi connectivity index (χ1n) is 11.4. The van der Waals surface area contributed by atoms with Crippen LogP contribution in [0.4, 0.5) is 11.4 Å². The molecular formula is C28H21ClN2O2S3. The van der Waals surface area contributed by atoms with Gasteiger partial charge >= 0.3 is 0 Å². The molecule has 2 aliphatic heterocycles. The Kier molecular flexibility index (Phi) is 7.62. The van der Waals surface area contributed by atoms with Crippen molar-refractivity contribution < 1.29 is 9.59 Å². The number of thioether (sulfide) groups is 1. The second kappa shape index (κ2) is 11.0. The lowest BCUT2D eigenvalue weighted by Crippen LogP contribution is -2.32. The van der Waals surface area contributed by atoms with Gasteiger partial charge in [0, 0.05) is 27.8 Å². The standard InChI is InChI=1S/C28H21ClN2O2S3/c29-20-15-16-24-22(18-20)31(21-11-4-5-12-23(21)35-24)26(32)14-7-17-30-27(33)25(36-28(30)34)13-6-10-19-8-2-1-3-9-19/h1-6,8-13,15-16,18H,7,14,17H2/b10-6+,25-13-. The number of carbonyl (C=O) groups excluding carboxylic acids is 2. The minimum atomic E-state index is -0.119. The molecule has 0 spiro atoms. The molecule has 3 aromatic carbocycles. The number of hydrogen-bond donors (Lipinski definition) is 0. The maximum absolute atomic E-state index is 13.4. The van der Waals surface area contributed by atoms with E-state index in [0.29, 0.717) is 27.2 Å². The van der Waals surface area contributed by atoms with E-state index in [4.69, 9.17) is 23.8 Å². The average molecular weight is 549 g/mol. The third kappa shape index (κ3) is 5.30. The van der Waals surface area contributed by atoms with Crippen LogP contribution in [-0.4, -0.2) is 27.6 Å². The molecule has 0 radical (unpaired) electrons. The second-order valence-electron chi connectivity index (χ2n) is 8.14. The van der Waals surface area contributed by atoms with Crippen molar-refractivity contribution in [2.24, 2.45) is 0 Å². The van der Waals surface area contributed by atoms with Gasteiger partial charge in [-0.1, -0.05) is 102 Å². The van der Waals surface area contributed by atoms with E-state index in [2.05, 4.69) is 0 Å². The molecule has 180 valence electrons. The SMILES string of the molecule is O=C1/C(=C/C=C/c2ccccc2)SC(=S)N1CCCC(=O)N1c2ccccc2Sc2ccc(Cl)cc21. The zero-order valence-electron chi connectivity index (χ0n) is 19.1. The summed E-state index contributed by atoms with van der Waals surface area (Å²) in [6.07, 6.45) is 6.37. The molecule has 0 aromatic heterocycles. The van der Waals surface area contributed by atoms with E-state index in [1.807, 2.05) is 84.9 Å². The molecule has 2 amide bonds. The summed E-state index contributed by atoms with van der Waals surface area (Å²) in [7, 11) is 0. The lowest BCUT2D eigenvalue weighted by atomic mass is 10.2. The van der Waals surface area contributed by atoms with Gasteiger partial charge in [0.2, 0.25) is 5.91 Å². The summed E-state index contributed by atoms with van der Waals surface area (Å²) < 4.78 is 0.517. The van der Waals surface area contributed by atoms with E-state index in [1.165, 1.54) is 11.8 Å². The van der Waals surface area contributed by atoms with Crippen molar-refractivity contribution in [1.29, 1.82) is 0 Å². The van der Waals surface area contributed by atoms with Gasteiger partial charge in [0.05, 0.1) is 16.3 Å². The van der Waals surface area contributed by atoms with Crippen LogP contribution in [0, 0.1) is 0 Å². The number of allylic oxidation sites excluding steroid dienone is 2. The molecule has 0 atom stereocenters. The van der Waals surface area contributed by atoms with Crippen LogP contribution in [0.2, 0.25) is 5.02 Å².